The largest absolute Gasteiger partial charge is 0.486 e. The van der Waals surface area contributed by atoms with Crippen molar-refractivity contribution < 1.29 is 14.3 Å². The molecule has 0 atom stereocenters. The topological polar surface area (TPSA) is 71.4 Å². The number of benzene rings is 1. The highest BCUT2D eigenvalue weighted by Crippen LogP contribution is 2.32. The number of amides is 1. The molecule has 23 heavy (non-hydrogen) atoms. The highest BCUT2D eigenvalue weighted by atomic mass is 32.1. The highest BCUT2D eigenvalue weighted by Gasteiger charge is 2.14. The number of anilines is 1. The lowest BCUT2D eigenvalue weighted by Gasteiger charge is -2.18. The van der Waals surface area contributed by atoms with Crippen LogP contribution < -0.4 is 14.8 Å². The first-order valence-corrected chi connectivity index (χ1v) is 7.86. The zero-order valence-corrected chi connectivity index (χ0v) is 13.3. The molecule has 1 aromatic heterocycles. The molecule has 116 valence electrons. The fraction of sp³-hybridized carbons (Fsp3) is 0.176. The standard InChI is InChI=1S/C17H14N2O3S/c1-11-2-4-14(23-11)8-12(10-18)17(20)19-13-3-5-15-16(9-13)22-7-6-21-15/h2-5,8-9H,6-7H2,1H3,(H,19,20)/b12-8+. The summed E-state index contributed by atoms with van der Waals surface area (Å²) in [6.07, 6.45) is 1.59. The summed E-state index contributed by atoms with van der Waals surface area (Å²) in [7, 11) is 0. The summed E-state index contributed by atoms with van der Waals surface area (Å²) >= 11 is 1.53. The van der Waals surface area contributed by atoms with Crippen molar-refractivity contribution in [2.24, 2.45) is 0 Å². The average Bonchev–Trinajstić information content (AvgIpc) is 2.97. The summed E-state index contributed by atoms with van der Waals surface area (Å²) in [5.41, 5.74) is 0.615. The van der Waals surface area contributed by atoms with Crippen LogP contribution in [0.15, 0.2) is 35.9 Å². The third-order valence-electron chi connectivity index (χ3n) is 3.21. The first-order valence-electron chi connectivity index (χ1n) is 7.05. The van der Waals surface area contributed by atoms with Crippen molar-refractivity contribution in [3.05, 3.63) is 45.7 Å². The Hall–Kier alpha value is -2.78. The average molecular weight is 326 g/mol. The molecule has 0 saturated heterocycles. The quantitative estimate of drug-likeness (QED) is 0.693. The van der Waals surface area contributed by atoms with Crippen molar-refractivity contribution in [2.75, 3.05) is 18.5 Å². The predicted octanol–water partition coefficient (Wildman–Crippen LogP) is 3.37. The van der Waals surface area contributed by atoms with Crippen LogP contribution >= 0.6 is 11.3 Å². The molecule has 1 aliphatic rings. The Kier molecular flexibility index (Phi) is 4.31. The number of nitrogens with one attached hydrogen (secondary N) is 1. The summed E-state index contributed by atoms with van der Waals surface area (Å²) in [5.74, 6) is 0.792. The van der Waals surface area contributed by atoms with Gasteiger partial charge in [-0.1, -0.05) is 0 Å². The molecule has 1 aromatic carbocycles. The summed E-state index contributed by atoms with van der Waals surface area (Å²) in [6.45, 7) is 2.97. The van der Waals surface area contributed by atoms with Crippen molar-refractivity contribution in [1.29, 1.82) is 5.26 Å². The van der Waals surface area contributed by atoms with Gasteiger partial charge in [0.2, 0.25) is 0 Å². The van der Waals surface area contributed by atoms with Crippen LogP contribution in [-0.4, -0.2) is 19.1 Å². The van der Waals surface area contributed by atoms with Crippen LogP contribution in [0.5, 0.6) is 11.5 Å². The molecule has 0 spiro atoms. The maximum absolute atomic E-state index is 12.3. The van der Waals surface area contributed by atoms with Gasteiger partial charge in [0.15, 0.2) is 11.5 Å². The van der Waals surface area contributed by atoms with E-state index in [0.29, 0.717) is 30.4 Å². The molecular formula is C17H14N2O3S. The maximum atomic E-state index is 12.3. The molecule has 1 aliphatic heterocycles. The summed E-state index contributed by atoms with van der Waals surface area (Å²) < 4.78 is 10.9. The molecule has 6 heteroatoms. The van der Waals surface area contributed by atoms with Gasteiger partial charge in [-0.3, -0.25) is 4.79 Å². The van der Waals surface area contributed by atoms with Crippen molar-refractivity contribution in [3.8, 4) is 17.6 Å². The van der Waals surface area contributed by atoms with E-state index in [0.717, 1.165) is 9.75 Å². The third-order valence-corrected chi connectivity index (χ3v) is 4.16. The minimum absolute atomic E-state index is 0.0572. The molecule has 0 unspecified atom stereocenters. The molecule has 0 aliphatic carbocycles. The van der Waals surface area contributed by atoms with Crippen LogP contribution in [0.25, 0.3) is 6.08 Å². The Balaban J connectivity index is 1.77. The van der Waals surface area contributed by atoms with Crippen LogP contribution in [0.2, 0.25) is 0 Å². The molecule has 3 rings (SSSR count). The van der Waals surface area contributed by atoms with Crippen LogP contribution in [0.1, 0.15) is 9.75 Å². The zero-order chi connectivity index (χ0) is 16.2. The van der Waals surface area contributed by atoms with Gasteiger partial charge in [-0.25, -0.2) is 0 Å². The van der Waals surface area contributed by atoms with Gasteiger partial charge in [-0.05, 0) is 37.3 Å². The van der Waals surface area contributed by atoms with Gasteiger partial charge in [0, 0.05) is 21.5 Å². The van der Waals surface area contributed by atoms with Crippen molar-refractivity contribution in [2.45, 2.75) is 6.92 Å². The van der Waals surface area contributed by atoms with Gasteiger partial charge in [0.25, 0.3) is 5.91 Å². The number of nitrogens with zero attached hydrogens (tertiary/aromatic N) is 1. The summed E-state index contributed by atoms with van der Waals surface area (Å²) in [5, 5.41) is 11.9. The number of rotatable bonds is 3. The Morgan fingerprint density at radius 2 is 2.04 bits per heavy atom. The lowest BCUT2D eigenvalue weighted by atomic mass is 10.2. The van der Waals surface area contributed by atoms with Crippen molar-refractivity contribution in [1.82, 2.24) is 0 Å². The van der Waals surface area contributed by atoms with Gasteiger partial charge in [-0.2, -0.15) is 5.26 Å². The minimum atomic E-state index is -0.449. The van der Waals surface area contributed by atoms with Gasteiger partial charge >= 0.3 is 0 Å². The fourth-order valence-electron chi connectivity index (χ4n) is 2.14. The van der Waals surface area contributed by atoms with Crippen LogP contribution in [0, 0.1) is 18.3 Å². The zero-order valence-electron chi connectivity index (χ0n) is 12.5. The molecule has 2 heterocycles. The minimum Gasteiger partial charge on any atom is -0.486 e. The van der Waals surface area contributed by atoms with Crippen molar-refractivity contribution >= 4 is 29.0 Å². The maximum Gasteiger partial charge on any atom is 0.266 e. The van der Waals surface area contributed by atoms with Crippen molar-refractivity contribution in [3.63, 3.8) is 0 Å². The second-order valence-corrected chi connectivity index (χ2v) is 6.25. The van der Waals surface area contributed by atoms with E-state index >= 15 is 0 Å². The fourth-order valence-corrected chi connectivity index (χ4v) is 2.96. The molecule has 2 aromatic rings. The number of ether oxygens (including phenoxy) is 2. The van der Waals surface area contributed by atoms with Gasteiger partial charge in [-0.15, -0.1) is 11.3 Å². The van der Waals surface area contributed by atoms with Gasteiger partial charge in [0.1, 0.15) is 24.9 Å². The third kappa shape index (κ3) is 3.52. The van der Waals surface area contributed by atoms with Gasteiger partial charge in [0.05, 0.1) is 0 Å². The first kappa shape index (κ1) is 15.1. The van der Waals surface area contributed by atoms with E-state index < -0.39 is 5.91 Å². The number of carbonyl (C=O) groups excluding carboxylic acids is 1. The second kappa shape index (κ2) is 6.55. The molecule has 0 bridgehead atoms. The summed E-state index contributed by atoms with van der Waals surface area (Å²) in [4.78, 5) is 14.3. The molecule has 0 fully saturated rings. The van der Waals surface area contributed by atoms with Crippen LogP contribution in [0.3, 0.4) is 0 Å². The Morgan fingerprint density at radius 3 is 2.74 bits per heavy atom. The van der Waals surface area contributed by atoms with Crippen LogP contribution in [-0.2, 0) is 4.79 Å². The van der Waals surface area contributed by atoms with E-state index in [-0.39, 0.29) is 5.57 Å². The normalized spacial score (nSPS) is 13.3. The predicted molar refractivity (Wildman–Crippen MR) is 88.7 cm³/mol. The molecule has 5 nitrogen and oxygen atoms in total. The number of aryl methyl sites for hydroxylation is 1. The molecule has 1 amide bonds. The van der Waals surface area contributed by atoms with Gasteiger partial charge < -0.3 is 14.8 Å². The van der Waals surface area contributed by atoms with E-state index in [2.05, 4.69) is 5.32 Å². The second-order valence-electron chi connectivity index (χ2n) is 4.93. The first-order chi connectivity index (χ1) is 11.2. The Bertz CT molecular complexity index is 817. The molecule has 0 radical (unpaired) electrons. The van der Waals surface area contributed by atoms with Crippen LogP contribution in [0.4, 0.5) is 5.69 Å². The number of nitriles is 1. The van der Waals surface area contributed by atoms with E-state index in [4.69, 9.17) is 9.47 Å². The highest BCUT2D eigenvalue weighted by molar-refractivity contribution is 7.12. The molecular weight excluding hydrogens is 312 g/mol. The lowest BCUT2D eigenvalue weighted by molar-refractivity contribution is -0.112. The Labute approximate surface area is 137 Å². The molecule has 1 N–H and O–H groups in total. The number of hydrogen-bond acceptors (Lipinski definition) is 5. The SMILES string of the molecule is Cc1ccc(/C=C(\C#N)C(=O)Nc2ccc3c(c2)OCCO3)s1. The monoisotopic (exact) mass is 326 g/mol. The molecule has 0 saturated carbocycles. The van der Waals surface area contributed by atoms with E-state index in [1.807, 2.05) is 25.1 Å². The smallest absolute Gasteiger partial charge is 0.266 e. The van der Waals surface area contributed by atoms with E-state index in [1.165, 1.54) is 11.3 Å². The summed E-state index contributed by atoms with van der Waals surface area (Å²) in [6, 6.07) is 10.9. The number of fused-ring (bicyclic) bond motifs is 1. The Morgan fingerprint density at radius 1 is 1.26 bits per heavy atom. The number of hydrogen-bond donors (Lipinski definition) is 1. The lowest BCUT2D eigenvalue weighted by Crippen LogP contribution is -2.17. The number of carbonyl (C=O) groups is 1. The van der Waals surface area contributed by atoms with E-state index in [1.54, 1.807) is 24.3 Å². The van der Waals surface area contributed by atoms with E-state index in [9.17, 15) is 10.1 Å². The number of thiophene rings is 1.